The van der Waals surface area contributed by atoms with Gasteiger partial charge in [0, 0.05) is 50.1 Å². The lowest BCUT2D eigenvalue weighted by Crippen LogP contribution is -2.57. The molecule has 0 spiro atoms. The van der Waals surface area contributed by atoms with Crippen LogP contribution in [0.25, 0.3) is 0 Å². The van der Waals surface area contributed by atoms with E-state index < -0.39 is 64.8 Å². The van der Waals surface area contributed by atoms with Gasteiger partial charge >= 0.3 is 0 Å². The Bertz CT molecular complexity index is 1250. The van der Waals surface area contributed by atoms with Crippen LogP contribution in [0.1, 0.15) is 24.0 Å². The second-order valence-electron chi connectivity index (χ2n) is 9.12. The molecule has 2 amide bonds. The van der Waals surface area contributed by atoms with Gasteiger partial charge in [-0.3, -0.25) is 9.59 Å². The van der Waals surface area contributed by atoms with Crippen LogP contribution in [0, 0.1) is 46.2 Å². The lowest BCUT2D eigenvalue weighted by atomic mass is 10.0. The summed E-state index contributed by atoms with van der Waals surface area (Å²) in [5, 5.41) is 9.56. The van der Waals surface area contributed by atoms with Crippen LogP contribution in [-0.4, -0.2) is 59.4 Å². The molecular weight excluding hydrogens is 516 g/mol. The van der Waals surface area contributed by atoms with Crippen molar-refractivity contribution in [3.05, 3.63) is 70.3 Å². The Hall–Kier alpha value is -3.63. The van der Waals surface area contributed by atoms with Gasteiger partial charge in [-0.1, -0.05) is 0 Å². The number of carbonyl (C=O) groups is 2. The Balaban J connectivity index is 1.54. The van der Waals surface area contributed by atoms with E-state index in [0.717, 1.165) is 0 Å². The monoisotopic (exact) mass is 541 g/mol. The summed E-state index contributed by atoms with van der Waals surface area (Å²) in [6.07, 6.45) is -1.06. The summed E-state index contributed by atoms with van der Waals surface area (Å²) in [5.41, 5.74) is 11.4. The number of rotatable bonds is 8. The third-order valence-electron chi connectivity index (χ3n) is 6.22. The highest BCUT2D eigenvalue weighted by atomic mass is 19.2. The van der Waals surface area contributed by atoms with Crippen molar-refractivity contribution in [2.75, 3.05) is 19.6 Å². The molecule has 1 fully saturated rings. The fourth-order valence-corrected chi connectivity index (χ4v) is 4.26. The molecule has 3 atom stereocenters. The van der Waals surface area contributed by atoms with Crippen LogP contribution in [0.15, 0.2) is 24.3 Å². The maximum absolute atomic E-state index is 13.9. The van der Waals surface area contributed by atoms with E-state index in [1.54, 1.807) is 0 Å². The van der Waals surface area contributed by atoms with Crippen LogP contribution in [0.5, 0.6) is 0 Å². The summed E-state index contributed by atoms with van der Waals surface area (Å²) < 4.78 is 80.8. The van der Waals surface area contributed by atoms with Crippen molar-refractivity contribution in [2.45, 2.75) is 43.8 Å². The van der Waals surface area contributed by atoms with E-state index in [9.17, 15) is 41.2 Å². The predicted molar refractivity (Wildman–Crippen MR) is 123 cm³/mol. The zero-order chi connectivity index (χ0) is 28.1. The van der Waals surface area contributed by atoms with Crippen LogP contribution in [-0.2, 0) is 22.4 Å². The zero-order valence-corrected chi connectivity index (χ0v) is 20.1. The molecule has 204 valence electrons. The second-order valence-corrected chi connectivity index (χ2v) is 9.12. The largest absolute Gasteiger partial charge is 0.338 e. The molecule has 0 saturated carbocycles. The Kier molecular flexibility index (Phi) is 9.35. The summed E-state index contributed by atoms with van der Waals surface area (Å²) in [4.78, 5) is 28.0. The molecule has 0 radical (unpaired) electrons. The van der Waals surface area contributed by atoms with E-state index >= 15 is 0 Å². The van der Waals surface area contributed by atoms with E-state index in [4.69, 9.17) is 11.5 Å². The van der Waals surface area contributed by atoms with Gasteiger partial charge in [0.15, 0.2) is 23.3 Å². The maximum atomic E-state index is 13.9. The number of nitrogens with zero attached hydrogens (tertiary/aromatic N) is 3. The topological polar surface area (TPSA) is 116 Å². The van der Waals surface area contributed by atoms with E-state index in [1.807, 2.05) is 6.07 Å². The minimum atomic E-state index is -1.35. The van der Waals surface area contributed by atoms with Crippen molar-refractivity contribution in [1.29, 1.82) is 5.26 Å². The van der Waals surface area contributed by atoms with Crippen LogP contribution >= 0.6 is 0 Å². The smallest absolute Gasteiger partial charge is 0.225 e. The molecule has 3 rings (SSSR count). The molecule has 1 saturated heterocycles. The number of hydrogen-bond acceptors (Lipinski definition) is 5. The maximum Gasteiger partial charge on any atom is 0.225 e. The van der Waals surface area contributed by atoms with E-state index in [-0.39, 0.29) is 56.4 Å². The molecule has 38 heavy (non-hydrogen) atoms. The molecule has 2 aromatic carbocycles. The Morgan fingerprint density at radius 3 is 1.71 bits per heavy atom. The number of nitrogens with two attached hydrogens (primary N) is 2. The number of hydrogen-bond donors (Lipinski definition) is 2. The minimum absolute atomic E-state index is 0.0118. The molecule has 4 N–H and O–H groups in total. The molecule has 13 heteroatoms. The van der Waals surface area contributed by atoms with Gasteiger partial charge < -0.3 is 21.3 Å². The summed E-state index contributed by atoms with van der Waals surface area (Å²) >= 11 is 0. The van der Waals surface area contributed by atoms with Crippen LogP contribution in [0.3, 0.4) is 0 Å². The molecule has 0 bridgehead atoms. The molecule has 1 aliphatic rings. The summed E-state index contributed by atoms with van der Waals surface area (Å²) in [6.45, 7) is -0.0927. The Morgan fingerprint density at radius 2 is 1.24 bits per heavy atom. The van der Waals surface area contributed by atoms with Gasteiger partial charge in [0.1, 0.15) is 17.7 Å². The molecule has 1 aliphatic heterocycles. The van der Waals surface area contributed by atoms with Gasteiger partial charge in [0.25, 0.3) is 0 Å². The van der Waals surface area contributed by atoms with Crippen LogP contribution in [0.4, 0.5) is 26.3 Å². The highest BCUT2D eigenvalue weighted by Gasteiger charge is 2.33. The molecule has 2 aromatic rings. The third-order valence-corrected chi connectivity index (χ3v) is 6.22. The number of carbonyl (C=O) groups excluding carboxylic acids is 2. The minimum Gasteiger partial charge on any atom is -0.338 e. The van der Waals surface area contributed by atoms with Crippen LogP contribution in [0.2, 0.25) is 0 Å². The molecule has 1 unspecified atom stereocenters. The summed E-state index contributed by atoms with van der Waals surface area (Å²) in [5.74, 6) is -8.19. The normalized spacial score (nSPS) is 17.2. The lowest BCUT2D eigenvalue weighted by Gasteiger charge is -2.39. The number of piperazine rings is 1. The van der Waals surface area contributed by atoms with Crippen molar-refractivity contribution in [1.82, 2.24) is 9.80 Å². The van der Waals surface area contributed by atoms with Gasteiger partial charge in [-0.05, 0) is 36.1 Å². The van der Waals surface area contributed by atoms with Crippen LogP contribution < -0.4 is 11.5 Å². The molecule has 0 aliphatic carbocycles. The second kappa shape index (κ2) is 12.3. The third kappa shape index (κ3) is 7.02. The molecule has 1 heterocycles. The first-order chi connectivity index (χ1) is 17.9. The highest BCUT2D eigenvalue weighted by Crippen LogP contribution is 2.19. The highest BCUT2D eigenvalue weighted by molar-refractivity contribution is 5.80. The van der Waals surface area contributed by atoms with E-state index in [0.29, 0.717) is 24.3 Å². The van der Waals surface area contributed by atoms with Gasteiger partial charge in [-0.15, -0.1) is 0 Å². The Labute approximate surface area is 214 Å². The fourth-order valence-electron chi connectivity index (χ4n) is 4.26. The quantitative estimate of drug-likeness (QED) is 0.393. The SMILES string of the molecule is N#CC1CN(C(=O)C[C@H](N)Cc2cc(F)c(F)cc2F)CCN1C(=O)C[C@@H](N)Cc1cc(F)c(F)cc1F. The number of nitriles is 1. The van der Waals surface area contributed by atoms with Crippen molar-refractivity contribution in [2.24, 2.45) is 11.5 Å². The van der Waals surface area contributed by atoms with Crippen molar-refractivity contribution in [3.63, 3.8) is 0 Å². The number of halogens is 6. The average Bonchev–Trinajstić information content (AvgIpc) is 2.85. The van der Waals surface area contributed by atoms with Crippen molar-refractivity contribution < 1.29 is 35.9 Å². The van der Waals surface area contributed by atoms with Crippen molar-refractivity contribution >= 4 is 11.8 Å². The first-order valence-corrected chi connectivity index (χ1v) is 11.6. The van der Waals surface area contributed by atoms with Crippen molar-refractivity contribution in [3.8, 4) is 6.07 Å². The number of benzene rings is 2. The molecule has 0 aromatic heterocycles. The van der Waals surface area contributed by atoms with E-state index in [1.165, 1.54) is 9.80 Å². The molecular formula is C25H25F6N5O2. The Morgan fingerprint density at radius 1 is 0.789 bits per heavy atom. The molecule has 7 nitrogen and oxygen atoms in total. The van der Waals surface area contributed by atoms with Gasteiger partial charge in [0.2, 0.25) is 11.8 Å². The van der Waals surface area contributed by atoms with Gasteiger partial charge in [-0.25, -0.2) is 26.3 Å². The first kappa shape index (κ1) is 28.9. The van der Waals surface area contributed by atoms with Gasteiger partial charge in [0.05, 0.1) is 12.6 Å². The summed E-state index contributed by atoms with van der Waals surface area (Å²) in [7, 11) is 0. The summed E-state index contributed by atoms with van der Waals surface area (Å²) in [6, 6.07) is 1.18. The number of amides is 2. The standard InChI is InChI=1S/C25H25F6N5O2/c26-18-9-22(30)20(28)5-13(18)3-15(33)7-24(37)35-1-2-36(17(11-32)12-35)25(38)8-16(34)4-14-6-21(29)23(31)10-19(14)27/h5-6,9-10,15-17H,1-4,7-8,12,33-34H2/t15-,16+,17?/m1/s1. The van der Waals surface area contributed by atoms with Gasteiger partial charge in [-0.2, -0.15) is 5.26 Å². The lowest BCUT2D eigenvalue weighted by molar-refractivity contribution is -0.141. The first-order valence-electron chi connectivity index (χ1n) is 11.6. The predicted octanol–water partition coefficient (Wildman–Crippen LogP) is 2.30. The van der Waals surface area contributed by atoms with E-state index in [2.05, 4.69) is 0 Å². The zero-order valence-electron chi connectivity index (χ0n) is 20.1. The fraction of sp³-hybridized carbons (Fsp3) is 0.400. The average molecular weight is 541 g/mol.